The molecule has 0 bridgehead atoms. The second-order valence-corrected chi connectivity index (χ2v) is 4.86. The molecule has 18 heavy (non-hydrogen) atoms. The summed E-state index contributed by atoms with van der Waals surface area (Å²) in [4.78, 5) is 13.6. The third-order valence-electron chi connectivity index (χ3n) is 3.26. The Kier molecular flexibility index (Phi) is 4.49. The van der Waals surface area contributed by atoms with E-state index in [-0.39, 0.29) is 6.61 Å². The fraction of sp³-hybridized carbons (Fsp3) is 0.692. The molecule has 2 heterocycles. The summed E-state index contributed by atoms with van der Waals surface area (Å²) in [7, 11) is 0. The molecule has 0 unspecified atom stereocenters. The molecular weight excluding hydrogens is 228 g/mol. The van der Waals surface area contributed by atoms with Crippen molar-refractivity contribution in [2.24, 2.45) is 0 Å². The highest BCUT2D eigenvalue weighted by molar-refractivity contribution is 5.32. The molecule has 0 aliphatic carbocycles. The highest BCUT2D eigenvalue weighted by atomic mass is 16.3. The largest absolute Gasteiger partial charge is 0.395 e. The highest BCUT2D eigenvalue weighted by Crippen LogP contribution is 2.12. The van der Waals surface area contributed by atoms with Crippen molar-refractivity contribution in [2.75, 3.05) is 44.2 Å². The molecule has 0 atom stereocenters. The summed E-state index contributed by atoms with van der Waals surface area (Å²) in [6.45, 7) is 8.95. The van der Waals surface area contributed by atoms with Gasteiger partial charge in [-0.05, 0) is 32.9 Å². The van der Waals surface area contributed by atoms with Crippen molar-refractivity contribution in [3.8, 4) is 0 Å². The number of aromatic nitrogens is 2. The lowest BCUT2D eigenvalue weighted by Crippen LogP contribution is -2.33. The molecule has 1 N–H and O–H groups in total. The van der Waals surface area contributed by atoms with Crippen LogP contribution in [0.3, 0.4) is 0 Å². The van der Waals surface area contributed by atoms with Crippen LogP contribution < -0.4 is 4.90 Å². The monoisotopic (exact) mass is 250 g/mol. The van der Waals surface area contributed by atoms with Crippen LogP contribution in [0.2, 0.25) is 0 Å². The van der Waals surface area contributed by atoms with Crippen molar-refractivity contribution in [2.45, 2.75) is 20.3 Å². The molecule has 0 spiro atoms. The first-order valence-electron chi connectivity index (χ1n) is 6.59. The third-order valence-corrected chi connectivity index (χ3v) is 3.26. The minimum absolute atomic E-state index is 0.236. The predicted molar refractivity (Wildman–Crippen MR) is 71.9 cm³/mol. The van der Waals surface area contributed by atoms with E-state index in [1.807, 2.05) is 19.9 Å². The number of β-amino-alcohol motifs (C(OH)–C–C–N with tert-alkyl or cyclic N) is 1. The zero-order chi connectivity index (χ0) is 13.0. The normalized spacial score (nSPS) is 17.8. The zero-order valence-electron chi connectivity index (χ0n) is 11.3. The number of hydrogen-bond donors (Lipinski definition) is 1. The van der Waals surface area contributed by atoms with Crippen LogP contribution in [-0.2, 0) is 0 Å². The molecule has 2 rings (SSSR count). The van der Waals surface area contributed by atoms with Crippen molar-refractivity contribution < 1.29 is 5.11 Å². The second kappa shape index (κ2) is 6.11. The molecule has 0 saturated carbocycles. The summed E-state index contributed by atoms with van der Waals surface area (Å²) < 4.78 is 0. The number of anilines is 1. The van der Waals surface area contributed by atoms with Gasteiger partial charge in [0.25, 0.3) is 0 Å². The van der Waals surface area contributed by atoms with Gasteiger partial charge in [0.2, 0.25) is 5.95 Å². The summed E-state index contributed by atoms with van der Waals surface area (Å²) in [5.41, 5.74) is 2.04. The Balaban J connectivity index is 2.05. The van der Waals surface area contributed by atoms with Crippen molar-refractivity contribution in [1.29, 1.82) is 0 Å². The quantitative estimate of drug-likeness (QED) is 0.851. The summed E-state index contributed by atoms with van der Waals surface area (Å²) in [6.07, 6.45) is 1.09. The van der Waals surface area contributed by atoms with Gasteiger partial charge in [0.05, 0.1) is 6.61 Å². The topological polar surface area (TPSA) is 52.5 Å². The minimum Gasteiger partial charge on any atom is -0.395 e. The molecule has 0 radical (unpaired) electrons. The molecule has 0 amide bonds. The van der Waals surface area contributed by atoms with E-state index in [0.717, 1.165) is 56.5 Å². The van der Waals surface area contributed by atoms with E-state index in [1.54, 1.807) is 0 Å². The van der Waals surface area contributed by atoms with Gasteiger partial charge in [0.1, 0.15) is 0 Å². The fourth-order valence-electron chi connectivity index (χ4n) is 2.38. The summed E-state index contributed by atoms with van der Waals surface area (Å²) in [6, 6.07) is 2.00. The Morgan fingerprint density at radius 2 is 1.83 bits per heavy atom. The van der Waals surface area contributed by atoms with Crippen molar-refractivity contribution in [3.63, 3.8) is 0 Å². The van der Waals surface area contributed by atoms with Crippen molar-refractivity contribution >= 4 is 5.95 Å². The molecule has 0 aromatic carbocycles. The summed E-state index contributed by atoms with van der Waals surface area (Å²) in [5, 5.41) is 8.99. The van der Waals surface area contributed by atoms with E-state index >= 15 is 0 Å². The first kappa shape index (κ1) is 13.2. The lowest BCUT2D eigenvalue weighted by atomic mass is 10.3. The SMILES string of the molecule is Cc1cc(C)nc(N2CCCN(CCO)CC2)n1. The van der Waals surface area contributed by atoms with Gasteiger partial charge in [-0.3, -0.25) is 4.90 Å². The average molecular weight is 250 g/mol. The molecule has 100 valence electrons. The number of rotatable bonds is 3. The molecule has 1 aliphatic heterocycles. The molecule has 1 saturated heterocycles. The first-order chi connectivity index (χ1) is 8.69. The molecule has 1 aromatic rings. The maximum Gasteiger partial charge on any atom is 0.225 e. The Labute approximate surface area is 108 Å². The Morgan fingerprint density at radius 1 is 1.11 bits per heavy atom. The van der Waals surface area contributed by atoms with Gasteiger partial charge in [0.15, 0.2) is 0 Å². The molecule has 1 aliphatic rings. The smallest absolute Gasteiger partial charge is 0.225 e. The number of aliphatic hydroxyl groups excluding tert-OH is 1. The van der Waals surface area contributed by atoms with Gasteiger partial charge in [0, 0.05) is 37.6 Å². The molecular formula is C13H22N4O. The Morgan fingerprint density at radius 3 is 2.50 bits per heavy atom. The van der Waals surface area contributed by atoms with Crippen LogP contribution >= 0.6 is 0 Å². The summed E-state index contributed by atoms with van der Waals surface area (Å²) in [5.74, 6) is 0.846. The first-order valence-corrected chi connectivity index (χ1v) is 6.59. The van der Waals surface area contributed by atoms with Crippen LogP contribution in [0.15, 0.2) is 6.07 Å². The van der Waals surface area contributed by atoms with Crippen molar-refractivity contribution in [1.82, 2.24) is 14.9 Å². The summed E-state index contributed by atoms with van der Waals surface area (Å²) >= 11 is 0. The molecule has 5 nitrogen and oxygen atoms in total. The number of hydrogen-bond acceptors (Lipinski definition) is 5. The third kappa shape index (κ3) is 3.40. The van der Waals surface area contributed by atoms with Crippen molar-refractivity contribution in [3.05, 3.63) is 17.5 Å². The van der Waals surface area contributed by atoms with Crippen LogP contribution in [0, 0.1) is 13.8 Å². The van der Waals surface area contributed by atoms with Crippen LogP contribution in [0.4, 0.5) is 5.95 Å². The number of aliphatic hydroxyl groups is 1. The van der Waals surface area contributed by atoms with E-state index in [2.05, 4.69) is 19.8 Å². The molecule has 5 heteroatoms. The van der Waals surface area contributed by atoms with Gasteiger partial charge >= 0.3 is 0 Å². The lowest BCUT2D eigenvalue weighted by Gasteiger charge is -2.21. The van der Waals surface area contributed by atoms with E-state index in [9.17, 15) is 0 Å². The van der Waals surface area contributed by atoms with Crippen LogP contribution in [0.1, 0.15) is 17.8 Å². The van der Waals surface area contributed by atoms with Gasteiger partial charge in [-0.1, -0.05) is 0 Å². The number of aryl methyl sites for hydroxylation is 2. The van der Waals surface area contributed by atoms with Gasteiger partial charge in [-0.2, -0.15) is 0 Å². The zero-order valence-corrected chi connectivity index (χ0v) is 11.3. The fourth-order valence-corrected chi connectivity index (χ4v) is 2.38. The van der Waals surface area contributed by atoms with Gasteiger partial charge in [-0.25, -0.2) is 9.97 Å². The van der Waals surface area contributed by atoms with E-state index < -0.39 is 0 Å². The standard InChI is InChI=1S/C13H22N4O/c1-11-10-12(2)15-13(14-11)17-5-3-4-16(6-7-17)8-9-18/h10,18H,3-9H2,1-2H3. The molecule has 1 fully saturated rings. The van der Waals surface area contributed by atoms with Crippen LogP contribution in [0.25, 0.3) is 0 Å². The predicted octanol–water partition coefficient (Wildman–Crippen LogP) is 0.598. The minimum atomic E-state index is 0.236. The second-order valence-electron chi connectivity index (χ2n) is 4.86. The van der Waals surface area contributed by atoms with Crippen LogP contribution in [0.5, 0.6) is 0 Å². The van der Waals surface area contributed by atoms with Crippen LogP contribution in [-0.4, -0.2) is 59.3 Å². The van der Waals surface area contributed by atoms with E-state index in [0.29, 0.717) is 0 Å². The van der Waals surface area contributed by atoms with Gasteiger partial charge < -0.3 is 10.0 Å². The Hall–Kier alpha value is -1.20. The average Bonchev–Trinajstić information content (AvgIpc) is 2.54. The van der Waals surface area contributed by atoms with Gasteiger partial charge in [-0.15, -0.1) is 0 Å². The Bertz CT molecular complexity index is 376. The lowest BCUT2D eigenvalue weighted by molar-refractivity contribution is 0.204. The maximum atomic E-state index is 8.99. The maximum absolute atomic E-state index is 8.99. The highest BCUT2D eigenvalue weighted by Gasteiger charge is 2.16. The van der Waals surface area contributed by atoms with E-state index in [4.69, 9.17) is 5.11 Å². The van der Waals surface area contributed by atoms with E-state index in [1.165, 1.54) is 0 Å². The number of nitrogens with zero attached hydrogens (tertiary/aromatic N) is 4. The molecule has 1 aromatic heterocycles.